The van der Waals surface area contributed by atoms with Gasteiger partial charge in [0, 0.05) is 48.2 Å². The summed E-state index contributed by atoms with van der Waals surface area (Å²) in [5.41, 5.74) is 3.71. The summed E-state index contributed by atoms with van der Waals surface area (Å²) in [6.45, 7) is 7.64. The molecule has 1 N–H and O–H groups in total. The maximum absolute atomic E-state index is 13.1. The molecule has 0 saturated carbocycles. The Hall–Kier alpha value is -2.43. The number of likely N-dealkylation sites (tertiary alicyclic amines) is 1. The largest absolute Gasteiger partial charge is 0.355 e. The molecule has 0 unspecified atom stereocenters. The number of pyridine rings is 1. The van der Waals surface area contributed by atoms with Crippen molar-refractivity contribution < 1.29 is 9.18 Å². The van der Waals surface area contributed by atoms with Crippen LogP contribution in [0.5, 0.6) is 0 Å². The number of anilines is 2. The smallest absolute Gasteiger partial charge is 0.222 e. The second-order valence-corrected chi connectivity index (χ2v) is 7.48. The molecule has 4 nitrogen and oxygen atoms in total. The summed E-state index contributed by atoms with van der Waals surface area (Å²) in [6.07, 6.45) is 1.54. The van der Waals surface area contributed by atoms with Gasteiger partial charge in [0.15, 0.2) is 0 Å². The van der Waals surface area contributed by atoms with Crippen molar-refractivity contribution in [3.8, 4) is 0 Å². The molecule has 1 amide bonds. The number of amides is 1. The van der Waals surface area contributed by atoms with Gasteiger partial charge >= 0.3 is 0 Å². The van der Waals surface area contributed by atoms with Crippen LogP contribution in [0.3, 0.4) is 0 Å². The summed E-state index contributed by atoms with van der Waals surface area (Å²) in [7, 11) is 0. The quantitative estimate of drug-likeness (QED) is 0.850. The predicted molar refractivity (Wildman–Crippen MR) is 102 cm³/mol. The molecule has 0 spiro atoms. The molecule has 1 saturated heterocycles. The number of aryl methyl sites for hydroxylation is 1. The molecule has 1 aliphatic heterocycles. The van der Waals surface area contributed by atoms with Gasteiger partial charge < -0.3 is 10.2 Å². The Balaban J connectivity index is 1.72. The highest BCUT2D eigenvalue weighted by Crippen LogP contribution is 2.29. The molecule has 1 fully saturated rings. The molecular formula is C21H26FN3O. The summed E-state index contributed by atoms with van der Waals surface area (Å²) in [5.74, 6) is 0.629. The molecule has 3 rings (SSSR count). The SMILES string of the molecule is Cc1cc(Nc2ccc(F)cc2)cc([C@H]2CCN(C(=O)CC(C)C)C2)n1. The van der Waals surface area contributed by atoms with Crippen LogP contribution in [0, 0.1) is 18.7 Å². The maximum atomic E-state index is 13.1. The lowest BCUT2D eigenvalue weighted by Gasteiger charge is -2.18. The number of nitrogens with one attached hydrogen (secondary N) is 1. The van der Waals surface area contributed by atoms with Crippen molar-refractivity contribution in [2.45, 2.75) is 39.5 Å². The third-order valence-electron chi connectivity index (χ3n) is 4.65. The standard InChI is InChI=1S/C21H26FN3O/c1-14(2)10-21(26)25-9-8-16(13-25)20-12-19(11-15(3)23-20)24-18-6-4-17(22)5-7-18/h4-7,11-12,14,16H,8-10,13H2,1-3H3,(H,23,24)/t16-/m0/s1. The Kier molecular flexibility index (Phi) is 5.55. The average Bonchev–Trinajstić information content (AvgIpc) is 3.06. The van der Waals surface area contributed by atoms with Crippen LogP contribution < -0.4 is 5.32 Å². The van der Waals surface area contributed by atoms with E-state index in [9.17, 15) is 9.18 Å². The molecule has 0 radical (unpaired) electrons. The van der Waals surface area contributed by atoms with E-state index in [4.69, 9.17) is 0 Å². The summed E-state index contributed by atoms with van der Waals surface area (Å²) in [4.78, 5) is 18.9. The van der Waals surface area contributed by atoms with Crippen LogP contribution in [0.2, 0.25) is 0 Å². The lowest BCUT2D eigenvalue weighted by atomic mass is 10.0. The van der Waals surface area contributed by atoms with Gasteiger partial charge in [0.2, 0.25) is 5.91 Å². The molecule has 0 bridgehead atoms. The van der Waals surface area contributed by atoms with Gasteiger partial charge in [-0.2, -0.15) is 0 Å². The normalized spacial score (nSPS) is 17.0. The van der Waals surface area contributed by atoms with Crippen molar-refractivity contribution >= 4 is 17.3 Å². The number of halogens is 1. The van der Waals surface area contributed by atoms with Crippen molar-refractivity contribution in [2.24, 2.45) is 5.92 Å². The van der Waals surface area contributed by atoms with Crippen molar-refractivity contribution in [2.75, 3.05) is 18.4 Å². The molecular weight excluding hydrogens is 329 g/mol. The summed E-state index contributed by atoms with van der Waals surface area (Å²) >= 11 is 0. The number of rotatable bonds is 5. The number of carbonyl (C=O) groups is 1. The molecule has 1 aliphatic rings. The molecule has 5 heteroatoms. The van der Waals surface area contributed by atoms with Crippen LogP contribution in [0.25, 0.3) is 0 Å². The van der Waals surface area contributed by atoms with Gasteiger partial charge in [-0.25, -0.2) is 4.39 Å². The zero-order valence-corrected chi connectivity index (χ0v) is 15.6. The van der Waals surface area contributed by atoms with E-state index in [0.717, 1.165) is 42.3 Å². The number of hydrogen-bond acceptors (Lipinski definition) is 3. The number of carbonyl (C=O) groups excluding carboxylic acids is 1. The van der Waals surface area contributed by atoms with Gasteiger partial charge in [-0.1, -0.05) is 13.8 Å². The van der Waals surface area contributed by atoms with Crippen LogP contribution >= 0.6 is 0 Å². The summed E-state index contributed by atoms with van der Waals surface area (Å²) in [5, 5.41) is 3.31. The fourth-order valence-electron chi connectivity index (χ4n) is 3.38. The molecule has 26 heavy (non-hydrogen) atoms. The molecule has 1 aromatic heterocycles. The monoisotopic (exact) mass is 355 g/mol. The Morgan fingerprint density at radius 1 is 1.27 bits per heavy atom. The number of hydrogen-bond donors (Lipinski definition) is 1. The van der Waals surface area contributed by atoms with E-state index < -0.39 is 0 Å². The minimum atomic E-state index is -0.251. The van der Waals surface area contributed by atoms with Crippen molar-refractivity contribution in [3.63, 3.8) is 0 Å². The highest BCUT2D eigenvalue weighted by molar-refractivity contribution is 5.76. The van der Waals surface area contributed by atoms with Crippen molar-refractivity contribution in [3.05, 3.63) is 53.6 Å². The molecule has 2 aromatic rings. The highest BCUT2D eigenvalue weighted by Gasteiger charge is 2.28. The highest BCUT2D eigenvalue weighted by atomic mass is 19.1. The first kappa shape index (κ1) is 18.4. The first-order valence-corrected chi connectivity index (χ1v) is 9.19. The Morgan fingerprint density at radius 2 is 2.00 bits per heavy atom. The molecule has 2 heterocycles. The fraction of sp³-hybridized carbons (Fsp3) is 0.429. The van der Waals surface area contributed by atoms with Crippen molar-refractivity contribution in [1.29, 1.82) is 0 Å². The van der Waals surface area contributed by atoms with E-state index in [1.54, 1.807) is 12.1 Å². The zero-order valence-electron chi connectivity index (χ0n) is 15.6. The van der Waals surface area contributed by atoms with Crippen LogP contribution in [-0.4, -0.2) is 28.9 Å². The predicted octanol–water partition coefficient (Wildman–Crippen LogP) is 4.63. The first-order valence-electron chi connectivity index (χ1n) is 9.19. The third kappa shape index (κ3) is 4.59. The lowest BCUT2D eigenvalue weighted by molar-refractivity contribution is -0.130. The number of benzene rings is 1. The zero-order chi connectivity index (χ0) is 18.7. The minimum Gasteiger partial charge on any atom is -0.355 e. The third-order valence-corrected chi connectivity index (χ3v) is 4.65. The topological polar surface area (TPSA) is 45.2 Å². The van der Waals surface area contributed by atoms with Crippen LogP contribution in [-0.2, 0) is 4.79 Å². The summed E-state index contributed by atoms with van der Waals surface area (Å²) < 4.78 is 13.1. The van der Waals surface area contributed by atoms with E-state index in [1.807, 2.05) is 24.0 Å². The lowest BCUT2D eigenvalue weighted by Crippen LogP contribution is -2.29. The fourth-order valence-corrected chi connectivity index (χ4v) is 3.38. The first-order chi connectivity index (χ1) is 12.4. The number of aromatic nitrogens is 1. The Morgan fingerprint density at radius 3 is 2.69 bits per heavy atom. The maximum Gasteiger partial charge on any atom is 0.222 e. The van der Waals surface area contributed by atoms with Crippen LogP contribution in [0.4, 0.5) is 15.8 Å². The van der Waals surface area contributed by atoms with Gasteiger partial charge in [0.25, 0.3) is 0 Å². The Labute approximate surface area is 154 Å². The van der Waals surface area contributed by atoms with Gasteiger partial charge in [-0.15, -0.1) is 0 Å². The van der Waals surface area contributed by atoms with Gasteiger partial charge in [0.05, 0.1) is 0 Å². The molecule has 138 valence electrons. The van der Waals surface area contributed by atoms with Crippen LogP contribution in [0.15, 0.2) is 36.4 Å². The van der Waals surface area contributed by atoms with Gasteiger partial charge in [-0.3, -0.25) is 9.78 Å². The minimum absolute atomic E-state index is 0.236. The van der Waals surface area contributed by atoms with E-state index in [-0.39, 0.29) is 17.6 Å². The second-order valence-electron chi connectivity index (χ2n) is 7.48. The second kappa shape index (κ2) is 7.85. The molecule has 1 atom stereocenters. The summed E-state index contributed by atoms with van der Waals surface area (Å²) in [6, 6.07) is 10.3. The van der Waals surface area contributed by atoms with Gasteiger partial charge in [-0.05, 0) is 55.7 Å². The Bertz CT molecular complexity index is 773. The molecule has 0 aliphatic carbocycles. The van der Waals surface area contributed by atoms with E-state index >= 15 is 0 Å². The average molecular weight is 355 g/mol. The van der Waals surface area contributed by atoms with E-state index in [0.29, 0.717) is 12.3 Å². The number of nitrogens with zero attached hydrogens (tertiary/aromatic N) is 2. The van der Waals surface area contributed by atoms with Crippen LogP contribution in [0.1, 0.15) is 44.0 Å². The van der Waals surface area contributed by atoms with Crippen molar-refractivity contribution in [1.82, 2.24) is 9.88 Å². The molecule has 1 aromatic carbocycles. The van der Waals surface area contributed by atoms with Gasteiger partial charge in [0.1, 0.15) is 5.82 Å². The van der Waals surface area contributed by atoms with E-state index in [2.05, 4.69) is 24.1 Å². The van der Waals surface area contributed by atoms with E-state index in [1.165, 1.54) is 12.1 Å².